The molecule has 144 valence electrons. The first-order valence-corrected chi connectivity index (χ1v) is 11.2. The molecule has 0 bridgehead atoms. The van der Waals surface area contributed by atoms with Crippen LogP contribution in [-0.2, 0) is 10.0 Å². The second-order valence-corrected chi connectivity index (χ2v) is 9.27. The zero-order chi connectivity index (χ0) is 18.7. The highest BCUT2D eigenvalue weighted by Crippen LogP contribution is 2.26. The fourth-order valence-corrected chi connectivity index (χ4v) is 4.66. The molecule has 2 fully saturated rings. The Kier molecular flexibility index (Phi) is 6.04. The van der Waals surface area contributed by atoms with Crippen LogP contribution in [0.2, 0.25) is 5.02 Å². The van der Waals surface area contributed by atoms with Crippen molar-refractivity contribution in [3.05, 3.63) is 22.8 Å². The van der Waals surface area contributed by atoms with Crippen LogP contribution in [0.4, 0.5) is 5.82 Å². The van der Waals surface area contributed by atoms with Crippen molar-refractivity contribution in [1.82, 2.24) is 14.2 Å². The summed E-state index contributed by atoms with van der Waals surface area (Å²) in [7, 11) is -3.19. The number of nitrogens with zero attached hydrogens (tertiary/aromatic N) is 4. The zero-order valence-electron chi connectivity index (χ0n) is 15.0. The number of pyridine rings is 1. The number of amides is 1. The van der Waals surface area contributed by atoms with Crippen LogP contribution in [0.15, 0.2) is 12.3 Å². The number of sulfonamides is 1. The van der Waals surface area contributed by atoms with Gasteiger partial charge in [0.2, 0.25) is 10.0 Å². The number of aromatic nitrogens is 1. The molecule has 1 aromatic rings. The normalized spacial score (nSPS) is 20.1. The standard InChI is InChI=1S/C17H25ClN4O3S/c1-26(24,25)22-9-5-8-20(10-11-22)16-15(18)12-14(13-19-16)17(23)21-6-3-2-4-7-21/h12-13H,2-11H2,1H3. The molecule has 3 heterocycles. The molecule has 0 atom stereocenters. The Labute approximate surface area is 160 Å². The minimum absolute atomic E-state index is 0.0234. The fraction of sp³-hybridized carbons (Fsp3) is 0.647. The maximum absolute atomic E-state index is 12.6. The van der Waals surface area contributed by atoms with Crippen LogP contribution in [0.1, 0.15) is 36.0 Å². The molecule has 7 nitrogen and oxygen atoms in total. The summed E-state index contributed by atoms with van der Waals surface area (Å²) in [6.45, 7) is 3.68. The van der Waals surface area contributed by atoms with Crippen molar-refractivity contribution in [2.45, 2.75) is 25.7 Å². The Morgan fingerprint density at radius 3 is 2.42 bits per heavy atom. The van der Waals surface area contributed by atoms with Crippen molar-refractivity contribution < 1.29 is 13.2 Å². The molecule has 26 heavy (non-hydrogen) atoms. The van der Waals surface area contributed by atoms with Crippen molar-refractivity contribution in [3.63, 3.8) is 0 Å². The monoisotopic (exact) mass is 400 g/mol. The van der Waals surface area contributed by atoms with Crippen LogP contribution in [-0.4, -0.2) is 74.0 Å². The molecule has 0 saturated carbocycles. The molecule has 2 saturated heterocycles. The number of carbonyl (C=O) groups excluding carboxylic acids is 1. The number of hydrogen-bond acceptors (Lipinski definition) is 5. The molecule has 0 unspecified atom stereocenters. The van der Waals surface area contributed by atoms with Gasteiger partial charge in [-0.25, -0.2) is 17.7 Å². The summed E-state index contributed by atoms with van der Waals surface area (Å²) in [6.07, 6.45) is 6.76. The van der Waals surface area contributed by atoms with E-state index in [4.69, 9.17) is 11.6 Å². The molecular weight excluding hydrogens is 376 g/mol. The number of piperidine rings is 1. The van der Waals surface area contributed by atoms with E-state index in [1.165, 1.54) is 17.0 Å². The number of anilines is 1. The highest BCUT2D eigenvalue weighted by Gasteiger charge is 2.24. The van der Waals surface area contributed by atoms with Gasteiger partial charge < -0.3 is 9.80 Å². The summed E-state index contributed by atoms with van der Waals surface area (Å²) in [4.78, 5) is 20.9. The van der Waals surface area contributed by atoms with Gasteiger partial charge in [-0.15, -0.1) is 0 Å². The molecule has 9 heteroatoms. The third kappa shape index (κ3) is 4.47. The maximum atomic E-state index is 12.6. The molecule has 0 aliphatic carbocycles. The summed E-state index contributed by atoms with van der Waals surface area (Å²) >= 11 is 6.42. The first-order valence-electron chi connectivity index (χ1n) is 9.01. The van der Waals surface area contributed by atoms with Crippen LogP contribution < -0.4 is 4.90 Å². The molecule has 2 aliphatic heterocycles. The van der Waals surface area contributed by atoms with Gasteiger partial charge >= 0.3 is 0 Å². The van der Waals surface area contributed by atoms with Crippen LogP contribution in [0.3, 0.4) is 0 Å². The lowest BCUT2D eigenvalue weighted by molar-refractivity contribution is 0.0724. The molecule has 1 aromatic heterocycles. The maximum Gasteiger partial charge on any atom is 0.255 e. The van der Waals surface area contributed by atoms with E-state index in [0.29, 0.717) is 49.0 Å². The Morgan fingerprint density at radius 1 is 1.04 bits per heavy atom. The molecule has 0 spiro atoms. The van der Waals surface area contributed by atoms with Gasteiger partial charge in [0, 0.05) is 45.5 Å². The number of carbonyl (C=O) groups is 1. The van der Waals surface area contributed by atoms with E-state index in [1.807, 2.05) is 9.80 Å². The summed E-state index contributed by atoms with van der Waals surface area (Å²) in [5.41, 5.74) is 0.508. The second-order valence-electron chi connectivity index (χ2n) is 6.88. The fourth-order valence-electron chi connectivity index (χ4n) is 3.50. The number of halogens is 1. The first-order chi connectivity index (χ1) is 12.4. The van der Waals surface area contributed by atoms with Crippen LogP contribution in [0.5, 0.6) is 0 Å². The lowest BCUT2D eigenvalue weighted by Gasteiger charge is -2.27. The van der Waals surface area contributed by atoms with E-state index < -0.39 is 10.0 Å². The Hall–Kier alpha value is -1.38. The smallest absolute Gasteiger partial charge is 0.255 e. The summed E-state index contributed by atoms with van der Waals surface area (Å²) < 4.78 is 25.0. The lowest BCUT2D eigenvalue weighted by Crippen LogP contribution is -2.36. The second kappa shape index (κ2) is 8.10. The van der Waals surface area contributed by atoms with Gasteiger partial charge in [-0.3, -0.25) is 4.79 Å². The van der Waals surface area contributed by atoms with Crippen molar-refractivity contribution in [2.75, 3.05) is 50.4 Å². The Balaban J connectivity index is 1.72. The lowest BCUT2D eigenvalue weighted by atomic mass is 10.1. The van der Waals surface area contributed by atoms with E-state index in [-0.39, 0.29) is 5.91 Å². The number of likely N-dealkylation sites (tertiary alicyclic amines) is 1. The summed E-state index contributed by atoms with van der Waals surface area (Å²) in [5.74, 6) is 0.585. The highest BCUT2D eigenvalue weighted by atomic mass is 35.5. The van der Waals surface area contributed by atoms with Gasteiger partial charge in [0.1, 0.15) is 5.82 Å². The van der Waals surface area contributed by atoms with Gasteiger partial charge in [0.25, 0.3) is 5.91 Å². The van der Waals surface area contributed by atoms with Crippen molar-refractivity contribution in [1.29, 1.82) is 0 Å². The van der Waals surface area contributed by atoms with Gasteiger partial charge in [0.05, 0.1) is 16.8 Å². The first kappa shape index (κ1) is 19.4. The minimum Gasteiger partial charge on any atom is -0.354 e. The van der Waals surface area contributed by atoms with Crippen molar-refractivity contribution in [3.8, 4) is 0 Å². The van der Waals surface area contributed by atoms with Crippen LogP contribution in [0.25, 0.3) is 0 Å². The van der Waals surface area contributed by atoms with E-state index in [0.717, 1.165) is 25.9 Å². The van der Waals surface area contributed by atoms with E-state index >= 15 is 0 Å². The predicted molar refractivity (Wildman–Crippen MR) is 102 cm³/mol. The number of hydrogen-bond donors (Lipinski definition) is 0. The van der Waals surface area contributed by atoms with E-state index in [9.17, 15) is 13.2 Å². The minimum atomic E-state index is -3.19. The number of rotatable bonds is 3. The third-order valence-corrected chi connectivity index (χ3v) is 6.52. The molecule has 0 radical (unpaired) electrons. The van der Waals surface area contributed by atoms with E-state index in [1.54, 1.807) is 12.3 Å². The van der Waals surface area contributed by atoms with Gasteiger partial charge in [0.15, 0.2) is 0 Å². The van der Waals surface area contributed by atoms with Gasteiger partial charge in [-0.1, -0.05) is 11.6 Å². The SMILES string of the molecule is CS(=O)(=O)N1CCCN(c2ncc(C(=O)N3CCCCC3)cc2Cl)CC1. The molecule has 2 aliphatic rings. The molecule has 1 amide bonds. The van der Waals surface area contributed by atoms with E-state index in [2.05, 4.69) is 4.98 Å². The van der Waals surface area contributed by atoms with Crippen LogP contribution >= 0.6 is 11.6 Å². The Morgan fingerprint density at radius 2 is 1.77 bits per heavy atom. The molecule has 0 aromatic carbocycles. The molecular formula is C17H25ClN4O3S. The summed E-state index contributed by atoms with van der Waals surface area (Å²) in [6, 6.07) is 1.68. The Bertz CT molecular complexity index is 765. The van der Waals surface area contributed by atoms with Crippen molar-refractivity contribution in [2.24, 2.45) is 0 Å². The largest absolute Gasteiger partial charge is 0.354 e. The molecule has 0 N–H and O–H groups in total. The predicted octanol–water partition coefficient (Wildman–Crippen LogP) is 1.83. The molecule has 3 rings (SSSR count). The average molecular weight is 401 g/mol. The zero-order valence-corrected chi connectivity index (χ0v) is 16.6. The average Bonchev–Trinajstić information content (AvgIpc) is 2.88. The topological polar surface area (TPSA) is 73.8 Å². The quantitative estimate of drug-likeness (QED) is 0.773. The summed E-state index contributed by atoms with van der Waals surface area (Å²) in [5, 5.41) is 0.431. The van der Waals surface area contributed by atoms with Gasteiger partial charge in [-0.05, 0) is 31.7 Å². The van der Waals surface area contributed by atoms with Crippen molar-refractivity contribution >= 4 is 33.3 Å². The highest BCUT2D eigenvalue weighted by molar-refractivity contribution is 7.88. The third-order valence-electron chi connectivity index (χ3n) is 4.94. The van der Waals surface area contributed by atoms with Crippen LogP contribution in [0, 0.1) is 0 Å². The van der Waals surface area contributed by atoms with Gasteiger partial charge in [-0.2, -0.15) is 0 Å².